The number of halogens is 1. The van der Waals surface area contributed by atoms with Gasteiger partial charge < -0.3 is 16.0 Å². The highest BCUT2D eigenvalue weighted by Crippen LogP contribution is 2.28. The Kier molecular flexibility index (Phi) is 6.27. The SMILES string of the molecule is CC(=O)Nc1ccc(N[C@H](C)C(=O)NC2(C#N)CCCCC2)cc1Cl. The summed E-state index contributed by atoms with van der Waals surface area (Å²) in [4.78, 5) is 23.6. The minimum atomic E-state index is -0.752. The Bertz CT molecular complexity index is 693. The zero-order valence-electron chi connectivity index (χ0n) is 14.5. The van der Waals surface area contributed by atoms with Crippen LogP contribution in [-0.4, -0.2) is 23.4 Å². The van der Waals surface area contributed by atoms with Crippen molar-refractivity contribution in [3.8, 4) is 6.07 Å². The van der Waals surface area contributed by atoms with Gasteiger partial charge in [-0.3, -0.25) is 9.59 Å². The van der Waals surface area contributed by atoms with Crippen molar-refractivity contribution in [3.05, 3.63) is 23.2 Å². The Balaban J connectivity index is 2.00. The molecule has 0 saturated heterocycles. The average molecular weight is 363 g/mol. The maximum absolute atomic E-state index is 12.5. The second-order valence-corrected chi connectivity index (χ2v) is 6.89. The van der Waals surface area contributed by atoms with E-state index in [4.69, 9.17) is 11.6 Å². The van der Waals surface area contributed by atoms with Crippen LogP contribution in [0.5, 0.6) is 0 Å². The lowest BCUT2D eigenvalue weighted by atomic mass is 9.82. The van der Waals surface area contributed by atoms with E-state index in [0.717, 1.165) is 19.3 Å². The van der Waals surface area contributed by atoms with Gasteiger partial charge in [0.2, 0.25) is 11.8 Å². The summed E-state index contributed by atoms with van der Waals surface area (Å²) in [7, 11) is 0. The molecule has 0 aromatic heterocycles. The van der Waals surface area contributed by atoms with Crippen molar-refractivity contribution in [2.75, 3.05) is 10.6 Å². The molecule has 1 fully saturated rings. The van der Waals surface area contributed by atoms with E-state index in [0.29, 0.717) is 29.2 Å². The van der Waals surface area contributed by atoms with Gasteiger partial charge in [0.25, 0.3) is 0 Å². The van der Waals surface area contributed by atoms with E-state index in [1.54, 1.807) is 25.1 Å². The summed E-state index contributed by atoms with van der Waals surface area (Å²) in [5.41, 5.74) is 0.428. The molecule has 1 aliphatic carbocycles. The molecule has 1 aromatic carbocycles. The average Bonchev–Trinajstić information content (AvgIpc) is 2.57. The second-order valence-electron chi connectivity index (χ2n) is 6.49. The first kappa shape index (κ1) is 19.1. The van der Waals surface area contributed by atoms with E-state index in [1.807, 2.05) is 0 Å². The van der Waals surface area contributed by atoms with Crippen molar-refractivity contribution in [1.29, 1.82) is 5.26 Å². The molecule has 1 aliphatic rings. The molecule has 0 bridgehead atoms. The molecular formula is C18H23ClN4O2. The first-order valence-electron chi connectivity index (χ1n) is 8.42. The van der Waals surface area contributed by atoms with Crippen molar-refractivity contribution in [2.45, 2.75) is 57.5 Å². The summed E-state index contributed by atoms with van der Waals surface area (Å²) < 4.78 is 0. The lowest BCUT2D eigenvalue weighted by Crippen LogP contribution is -2.52. The van der Waals surface area contributed by atoms with Crippen LogP contribution in [0.1, 0.15) is 46.0 Å². The molecule has 1 saturated carbocycles. The number of hydrogen-bond acceptors (Lipinski definition) is 4. The molecule has 0 radical (unpaired) electrons. The van der Waals surface area contributed by atoms with E-state index >= 15 is 0 Å². The van der Waals surface area contributed by atoms with Crippen LogP contribution >= 0.6 is 11.6 Å². The number of rotatable bonds is 5. The zero-order chi connectivity index (χ0) is 18.4. The van der Waals surface area contributed by atoms with Gasteiger partial charge in [0.05, 0.1) is 16.8 Å². The van der Waals surface area contributed by atoms with Crippen LogP contribution in [0.2, 0.25) is 5.02 Å². The van der Waals surface area contributed by atoms with E-state index < -0.39 is 11.6 Å². The van der Waals surface area contributed by atoms with Gasteiger partial charge in [0.15, 0.2) is 0 Å². The van der Waals surface area contributed by atoms with Gasteiger partial charge in [-0.25, -0.2) is 0 Å². The van der Waals surface area contributed by atoms with E-state index in [-0.39, 0.29) is 11.8 Å². The third-order valence-electron chi connectivity index (χ3n) is 4.34. The van der Waals surface area contributed by atoms with Crippen molar-refractivity contribution in [1.82, 2.24) is 5.32 Å². The Morgan fingerprint density at radius 3 is 2.52 bits per heavy atom. The fraction of sp³-hybridized carbons (Fsp3) is 0.500. The largest absolute Gasteiger partial charge is 0.374 e. The van der Waals surface area contributed by atoms with Gasteiger partial charge in [-0.2, -0.15) is 5.26 Å². The highest BCUT2D eigenvalue weighted by molar-refractivity contribution is 6.34. The van der Waals surface area contributed by atoms with Gasteiger partial charge in [0, 0.05) is 12.6 Å². The lowest BCUT2D eigenvalue weighted by Gasteiger charge is -2.32. The normalized spacial score (nSPS) is 17.0. The molecule has 25 heavy (non-hydrogen) atoms. The summed E-state index contributed by atoms with van der Waals surface area (Å²) in [6, 6.07) is 6.83. The van der Waals surface area contributed by atoms with Crippen molar-refractivity contribution in [2.24, 2.45) is 0 Å². The van der Waals surface area contributed by atoms with Crippen LogP contribution in [0.15, 0.2) is 18.2 Å². The number of amides is 2. The standard InChI is InChI=1S/C18H23ClN4O2/c1-12(17(25)23-18(11-20)8-4-3-5-9-18)21-14-6-7-16(15(19)10-14)22-13(2)24/h6-7,10,12,21H,3-5,8-9H2,1-2H3,(H,22,24)(H,23,25)/t12-/m1/s1. The Hall–Kier alpha value is -2.26. The number of carbonyl (C=O) groups is 2. The molecular weight excluding hydrogens is 340 g/mol. The first-order valence-corrected chi connectivity index (χ1v) is 8.80. The second kappa shape index (κ2) is 8.21. The summed E-state index contributed by atoms with van der Waals surface area (Å²) in [6.07, 6.45) is 4.40. The number of carbonyl (C=O) groups excluding carboxylic acids is 2. The van der Waals surface area contributed by atoms with E-state index in [1.165, 1.54) is 6.92 Å². The monoisotopic (exact) mass is 362 g/mol. The van der Waals surface area contributed by atoms with Crippen LogP contribution in [-0.2, 0) is 9.59 Å². The molecule has 7 heteroatoms. The minimum absolute atomic E-state index is 0.204. The van der Waals surface area contributed by atoms with Gasteiger partial charge in [-0.1, -0.05) is 30.9 Å². The van der Waals surface area contributed by atoms with Gasteiger partial charge in [-0.05, 0) is 38.0 Å². The van der Waals surface area contributed by atoms with Gasteiger partial charge >= 0.3 is 0 Å². The Morgan fingerprint density at radius 1 is 1.28 bits per heavy atom. The van der Waals surface area contributed by atoms with Crippen LogP contribution in [0, 0.1) is 11.3 Å². The molecule has 1 atom stereocenters. The predicted octanol–water partition coefficient (Wildman–Crippen LogP) is 3.44. The molecule has 134 valence electrons. The minimum Gasteiger partial charge on any atom is -0.374 e. The summed E-state index contributed by atoms with van der Waals surface area (Å²) in [6.45, 7) is 3.14. The smallest absolute Gasteiger partial charge is 0.243 e. The summed E-state index contributed by atoms with van der Waals surface area (Å²) in [5.74, 6) is -0.421. The molecule has 0 aliphatic heterocycles. The first-order chi connectivity index (χ1) is 11.8. The molecule has 0 spiro atoms. The maximum atomic E-state index is 12.5. The molecule has 3 N–H and O–H groups in total. The van der Waals surface area contributed by atoms with Crippen molar-refractivity contribution in [3.63, 3.8) is 0 Å². The maximum Gasteiger partial charge on any atom is 0.243 e. The van der Waals surface area contributed by atoms with Crippen LogP contribution < -0.4 is 16.0 Å². The van der Waals surface area contributed by atoms with E-state index in [9.17, 15) is 14.9 Å². The summed E-state index contributed by atoms with van der Waals surface area (Å²) >= 11 is 6.14. The van der Waals surface area contributed by atoms with Crippen molar-refractivity contribution < 1.29 is 9.59 Å². The number of hydrogen-bond donors (Lipinski definition) is 3. The van der Waals surface area contributed by atoms with Crippen LogP contribution in [0.4, 0.5) is 11.4 Å². The summed E-state index contributed by atoms with van der Waals surface area (Å²) in [5, 5.41) is 18.5. The number of nitrogens with zero attached hydrogens (tertiary/aromatic N) is 1. The molecule has 2 rings (SSSR count). The van der Waals surface area contributed by atoms with E-state index in [2.05, 4.69) is 22.0 Å². The van der Waals surface area contributed by atoms with Gasteiger partial charge in [-0.15, -0.1) is 0 Å². The van der Waals surface area contributed by atoms with Crippen LogP contribution in [0.3, 0.4) is 0 Å². The highest BCUT2D eigenvalue weighted by Gasteiger charge is 2.34. The number of nitrogens with one attached hydrogen (secondary N) is 3. The van der Waals surface area contributed by atoms with Crippen molar-refractivity contribution >= 4 is 34.8 Å². The molecule has 6 nitrogen and oxygen atoms in total. The van der Waals surface area contributed by atoms with Gasteiger partial charge in [0.1, 0.15) is 11.6 Å². The fourth-order valence-electron chi connectivity index (χ4n) is 2.98. The number of nitriles is 1. The van der Waals surface area contributed by atoms with Crippen LogP contribution in [0.25, 0.3) is 0 Å². The number of anilines is 2. The highest BCUT2D eigenvalue weighted by atomic mass is 35.5. The Labute approximate surface area is 152 Å². The number of benzene rings is 1. The third-order valence-corrected chi connectivity index (χ3v) is 4.65. The molecule has 2 amide bonds. The molecule has 0 heterocycles. The third kappa shape index (κ3) is 5.10. The quantitative estimate of drug-likeness (QED) is 0.747. The topological polar surface area (TPSA) is 94.0 Å². The Morgan fingerprint density at radius 2 is 1.96 bits per heavy atom. The predicted molar refractivity (Wildman–Crippen MR) is 98.4 cm³/mol. The molecule has 0 unspecified atom stereocenters. The fourth-order valence-corrected chi connectivity index (χ4v) is 3.20. The zero-order valence-corrected chi connectivity index (χ0v) is 15.2. The molecule has 1 aromatic rings. The lowest BCUT2D eigenvalue weighted by molar-refractivity contribution is -0.123.